The number of non-ortho nitro benzene ring substituents is 1. The Hall–Kier alpha value is -3.24. The van der Waals surface area contributed by atoms with Crippen LogP contribution in [0.3, 0.4) is 0 Å². The highest BCUT2D eigenvalue weighted by Crippen LogP contribution is 2.28. The summed E-state index contributed by atoms with van der Waals surface area (Å²) in [7, 11) is 0. The van der Waals surface area contributed by atoms with Gasteiger partial charge in [0.25, 0.3) is 11.2 Å². The molecule has 3 rings (SSSR count). The summed E-state index contributed by atoms with van der Waals surface area (Å²) in [5.74, 6) is 0. The molecule has 0 unspecified atom stereocenters. The first-order valence-corrected chi connectivity index (χ1v) is 7.49. The number of nitro benzene ring substituents is 1. The molecule has 2 aromatic heterocycles. The molecule has 2 heterocycles. The fourth-order valence-electron chi connectivity index (χ4n) is 2.26. The monoisotopic (exact) mass is 323 g/mol. The van der Waals surface area contributed by atoms with Crippen molar-refractivity contribution < 1.29 is 4.92 Å². The lowest BCUT2D eigenvalue weighted by Crippen LogP contribution is -2.12. The number of hydrogen-bond acceptors (Lipinski definition) is 5. The smallest absolute Gasteiger partial charge is 0.270 e. The molecule has 0 spiro atoms. The van der Waals surface area contributed by atoms with Crippen LogP contribution in [0.25, 0.3) is 22.4 Å². The second-order valence-electron chi connectivity index (χ2n) is 4.73. The summed E-state index contributed by atoms with van der Waals surface area (Å²) >= 11 is 1.46. The van der Waals surface area contributed by atoms with Crippen LogP contribution in [-0.4, -0.2) is 9.91 Å². The predicted molar refractivity (Wildman–Crippen MR) is 87.2 cm³/mol. The minimum Gasteiger partial charge on any atom is -0.321 e. The number of H-pyrrole nitrogens is 1. The standard InChI is InChI=1S/C16H9N3O3S/c17-8-14-13(11-4-5-23-9-11)7-15(18-16(14)20)10-2-1-3-12(6-10)19(21)22/h1-7,9H,(H,18,20). The summed E-state index contributed by atoms with van der Waals surface area (Å²) in [5.41, 5.74) is 1.67. The molecule has 0 saturated heterocycles. The van der Waals surface area contributed by atoms with Crippen LogP contribution in [0, 0.1) is 21.4 Å². The summed E-state index contributed by atoms with van der Waals surface area (Å²) in [4.78, 5) is 25.2. The average Bonchev–Trinajstić information content (AvgIpc) is 3.08. The van der Waals surface area contributed by atoms with E-state index in [1.54, 1.807) is 18.2 Å². The highest BCUT2D eigenvalue weighted by Gasteiger charge is 2.14. The lowest BCUT2D eigenvalue weighted by Gasteiger charge is -2.06. The van der Waals surface area contributed by atoms with Crippen molar-refractivity contribution >= 4 is 17.0 Å². The van der Waals surface area contributed by atoms with Crippen molar-refractivity contribution in [2.45, 2.75) is 0 Å². The van der Waals surface area contributed by atoms with E-state index in [0.29, 0.717) is 16.8 Å². The molecule has 0 amide bonds. The summed E-state index contributed by atoms with van der Waals surface area (Å²) in [6, 6.07) is 11.4. The second-order valence-corrected chi connectivity index (χ2v) is 5.51. The first-order valence-electron chi connectivity index (χ1n) is 6.55. The third-order valence-corrected chi connectivity index (χ3v) is 4.03. The van der Waals surface area contributed by atoms with Gasteiger partial charge in [-0.25, -0.2) is 0 Å². The van der Waals surface area contributed by atoms with E-state index in [4.69, 9.17) is 0 Å². The third-order valence-electron chi connectivity index (χ3n) is 3.35. The van der Waals surface area contributed by atoms with Gasteiger partial charge >= 0.3 is 0 Å². The van der Waals surface area contributed by atoms with Crippen molar-refractivity contribution in [3.05, 3.63) is 73.2 Å². The molecule has 0 aliphatic rings. The van der Waals surface area contributed by atoms with E-state index in [1.165, 1.54) is 23.5 Å². The highest BCUT2D eigenvalue weighted by atomic mass is 32.1. The van der Waals surface area contributed by atoms with Crippen molar-refractivity contribution in [2.24, 2.45) is 0 Å². The zero-order valence-corrected chi connectivity index (χ0v) is 12.5. The fourth-order valence-corrected chi connectivity index (χ4v) is 2.91. The lowest BCUT2D eigenvalue weighted by molar-refractivity contribution is -0.384. The molecule has 112 valence electrons. The Kier molecular flexibility index (Phi) is 3.75. The number of nitrogens with zero attached hydrogens (tertiary/aromatic N) is 2. The molecule has 0 aliphatic carbocycles. The predicted octanol–water partition coefficient (Wildman–Crippen LogP) is 3.55. The Morgan fingerprint density at radius 3 is 2.70 bits per heavy atom. The zero-order valence-electron chi connectivity index (χ0n) is 11.6. The van der Waals surface area contributed by atoms with Crippen LogP contribution in [0.2, 0.25) is 0 Å². The molecule has 0 aliphatic heterocycles. The highest BCUT2D eigenvalue weighted by molar-refractivity contribution is 7.08. The van der Waals surface area contributed by atoms with Gasteiger partial charge in [-0.3, -0.25) is 14.9 Å². The van der Waals surface area contributed by atoms with Crippen LogP contribution in [0.4, 0.5) is 5.69 Å². The van der Waals surface area contributed by atoms with Crippen LogP contribution in [0.15, 0.2) is 52.0 Å². The van der Waals surface area contributed by atoms with Gasteiger partial charge in [0.2, 0.25) is 0 Å². The average molecular weight is 323 g/mol. The fraction of sp³-hybridized carbons (Fsp3) is 0. The number of aromatic amines is 1. The zero-order chi connectivity index (χ0) is 16.4. The van der Waals surface area contributed by atoms with E-state index < -0.39 is 10.5 Å². The molecule has 1 N–H and O–H groups in total. The van der Waals surface area contributed by atoms with E-state index in [2.05, 4.69) is 4.98 Å². The minimum atomic E-state index is -0.516. The number of hydrogen-bond donors (Lipinski definition) is 1. The van der Waals surface area contributed by atoms with Crippen molar-refractivity contribution in [1.82, 2.24) is 4.98 Å². The van der Waals surface area contributed by atoms with Gasteiger partial charge in [0.05, 0.1) is 4.92 Å². The number of benzene rings is 1. The van der Waals surface area contributed by atoms with Crippen molar-refractivity contribution in [3.8, 4) is 28.5 Å². The summed E-state index contributed by atoms with van der Waals surface area (Å²) in [6.45, 7) is 0. The van der Waals surface area contributed by atoms with Gasteiger partial charge < -0.3 is 4.98 Å². The van der Waals surface area contributed by atoms with E-state index in [9.17, 15) is 20.2 Å². The van der Waals surface area contributed by atoms with E-state index >= 15 is 0 Å². The maximum Gasteiger partial charge on any atom is 0.270 e. The SMILES string of the molecule is N#Cc1c(-c2ccsc2)cc(-c2cccc([N+](=O)[O-])c2)[nH]c1=O. The van der Waals surface area contributed by atoms with Gasteiger partial charge in [-0.05, 0) is 28.5 Å². The molecule has 0 saturated carbocycles. The lowest BCUT2D eigenvalue weighted by atomic mass is 10.0. The normalized spacial score (nSPS) is 10.2. The second kappa shape index (κ2) is 5.87. The maximum atomic E-state index is 12.2. The molecule has 0 bridgehead atoms. The molecular formula is C16H9N3O3S. The molecule has 7 heteroatoms. The van der Waals surface area contributed by atoms with E-state index in [1.807, 2.05) is 22.9 Å². The summed E-state index contributed by atoms with van der Waals surface area (Å²) in [6.07, 6.45) is 0. The largest absolute Gasteiger partial charge is 0.321 e. The van der Waals surface area contributed by atoms with Crippen molar-refractivity contribution in [2.75, 3.05) is 0 Å². The Labute approximate surface area is 134 Å². The van der Waals surface area contributed by atoms with Gasteiger partial charge in [0, 0.05) is 29.0 Å². The molecule has 0 fully saturated rings. The number of nitrogens with one attached hydrogen (secondary N) is 1. The van der Waals surface area contributed by atoms with E-state index in [0.717, 1.165) is 5.56 Å². The Balaban J connectivity index is 2.23. The molecule has 23 heavy (non-hydrogen) atoms. The van der Waals surface area contributed by atoms with Gasteiger partial charge in [0.15, 0.2) is 0 Å². The molecule has 3 aromatic rings. The number of nitro groups is 1. The van der Waals surface area contributed by atoms with Crippen LogP contribution in [0.5, 0.6) is 0 Å². The Morgan fingerprint density at radius 1 is 1.22 bits per heavy atom. The number of aromatic nitrogens is 1. The van der Waals surface area contributed by atoms with Crippen molar-refractivity contribution in [1.29, 1.82) is 5.26 Å². The Bertz CT molecular complexity index is 985. The van der Waals surface area contributed by atoms with Gasteiger partial charge in [0.1, 0.15) is 11.6 Å². The molecule has 0 radical (unpaired) electrons. The van der Waals surface area contributed by atoms with Crippen LogP contribution in [-0.2, 0) is 0 Å². The van der Waals surface area contributed by atoms with Gasteiger partial charge in [-0.2, -0.15) is 16.6 Å². The number of pyridine rings is 1. The topological polar surface area (TPSA) is 99.8 Å². The molecule has 0 atom stereocenters. The number of nitriles is 1. The summed E-state index contributed by atoms with van der Waals surface area (Å²) in [5, 5.41) is 23.8. The number of thiophene rings is 1. The van der Waals surface area contributed by atoms with Gasteiger partial charge in [-0.1, -0.05) is 12.1 Å². The van der Waals surface area contributed by atoms with E-state index in [-0.39, 0.29) is 11.3 Å². The maximum absolute atomic E-state index is 12.2. The number of rotatable bonds is 3. The van der Waals surface area contributed by atoms with Gasteiger partial charge in [-0.15, -0.1) is 0 Å². The molecular weight excluding hydrogens is 314 g/mol. The quantitative estimate of drug-likeness (QED) is 0.588. The first-order chi connectivity index (χ1) is 11.1. The first kappa shape index (κ1) is 14.7. The summed E-state index contributed by atoms with van der Waals surface area (Å²) < 4.78 is 0. The minimum absolute atomic E-state index is 0.0255. The van der Waals surface area contributed by atoms with Crippen LogP contribution >= 0.6 is 11.3 Å². The molecule has 6 nitrogen and oxygen atoms in total. The van der Waals surface area contributed by atoms with Crippen LogP contribution in [0.1, 0.15) is 5.56 Å². The van der Waals surface area contributed by atoms with Crippen LogP contribution < -0.4 is 5.56 Å². The van der Waals surface area contributed by atoms with Crippen molar-refractivity contribution in [3.63, 3.8) is 0 Å². The third kappa shape index (κ3) is 2.75. The Morgan fingerprint density at radius 2 is 2.04 bits per heavy atom. The molecule has 1 aromatic carbocycles.